The molecule has 0 bridgehead atoms. The van der Waals surface area contributed by atoms with Crippen LogP contribution in [-0.4, -0.2) is 78.4 Å². The third-order valence-electron chi connectivity index (χ3n) is 6.28. The van der Waals surface area contributed by atoms with Gasteiger partial charge in [0.15, 0.2) is 17.7 Å². The summed E-state index contributed by atoms with van der Waals surface area (Å²) in [5.41, 5.74) is 1.67. The highest BCUT2D eigenvalue weighted by atomic mass is 79.9. The zero-order chi connectivity index (χ0) is 26.2. The van der Waals surface area contributed by atoms with Crippen molar-refractivity contribution < 1.29 is 19.0 Å². The standard InChI is InChI=1S/C27H34BrN5O4/c1-4-7-25(33-12-10-32(11-13-33)17-26(34)36-5-2)37-24-15-21-22(16-23(24)35-3)29-18-30-27(21)31-20-9-6-8-19(28)14-20/h6,8-9,14-16,18,25H,4-5,7,10-13,17H2,1-3H3,(H,29,30,31). The Morgan fingerprint density at radius 3 is 2.62 bits per heavy atom. The van der Waals surface area contributed by atoms with Crippen LogP contribution in [0.3, 0.4) is 0 Å². The lowest BCUT2D eigenvalue weighted by molar-refractivity contribution is -0.145. The minimum absolute atomic E-state index is 0.118. The largest absolute Gasteiger partial charge is 0.493 e. The van der Waals surface area contributed by atoms with Gasteiger partial charge in [-0.05, 0) is 37.6 Å². The molecule has 1 aliphatic heterocycles. The van der Waals surface area contributed by atoms with Crippen molar-refractivity contribution in [1.29, 1.82) is 0 Å². The molecule has 1 saturated heterocycles. The van der Waals surface area contributed by atoms with E-state index in [1.807, 2.05) is 43.3 Å². The van der Waals surface area contributed by atoms with Gasteiger partial charge in [0.25, 0.3) is 0 Å². The van der Waals surface area contributed by atoms with E-state index in [1.54, 1.807) is 7.11 Å². The van der Waals surface area contributed by atoms with Crippen molar-refractivity contribution in [3.8, 4) is 11.5 Å². The van der Waals surface area contributed by atoms with Crippen LogP contribution in [0.2, 0.25) is 0 Å². The molecule has 4 rings (SSSR count). The molecule has 1 aromatic heterocycles. The van der Waals surface area contributed by atoms with Gasteiger partial charge in [0.1, 0.15) is 12.1 Å². The fourth-order valence-electron chi connectivity index (χ4n) is 4.43. The van der Waals surface area contributed by atoms with Crippen LogP contribution in [0.15, 0.2) is 47.2 Å². The number of rotatable bonds is 11. The highest BCUT2D eigenvalue weighted by Crippen LogP contribution is 2.36. The zero-order valence-corrected chi connectivity index (χ0v) is 23.2. The number of benzene rings is 2. The van der Waals surface area contributed by atoms with Gasteiger partial charge in [-0.2, -0.15) is 0 Å². The lowest BCUT2D eigenvalue weighted by atomic mass is 10.2. The summed E-state index contributed by atoms with van der Waals surface area (Å²) in [5, 5.41) is 4.23. The molecule has 0 spiro atoms. The molecule has 198 valence electrons. The molecule has 2 heterocycles. The number of anilines is 2. The lowest BCUT2D eigenvalue weighted by Crippen LogP contribution is -2.53. The third-order valence-corrected chi connectivity index (χ3v) is 6.77. The van der Waals surface area contributed by atoms with Crippen molar-refractivity contribution in [2.45, 2.75) is 32.9 Å². The molecule has 0 saturated carbocycles. The molecule has 2 aromatic carbocycles. The summed E-state index contributed by atoms with van der Waals surface area (Å²) in [4.78, 5) is 25.3. The first-order valence-electron chi connectivity index (χ1n) is 12.6. The molecule has 0 amide bonds. The van der Waals surface area contributed by atoms with E-state index in [2.05, 4.69) is 47.9 Å². The fourth-order valence-corrected chi connectivity index (χ4v) is 4.83. The maximum absolute atomic E-state index is 11.9. The number of esters is 1. The smallest absolute Gasteiger partial charge is 0.320 e. The number of piperazine rings is 1. The SMILES string of the molecule is CCCC(Oc1cc2c(Nc3cccc(Br)c3)ncnc2cc1OC)N1CCN(CC(=O)OCC)CC1. The van der Waals surface area contributed by atoms with Crippen molar-refractivity contribution in [2.75, 3.05) is 51.8 Å². The number of fused-ring (bicyclic) bond motifs is 1. The first kappa shape index (κ1) is 27.1. The second kappa shape index (κ2) is 13.0. The van der Waals surface area contributed by atoms with Crippen molar-refractivity contribution in [3.05, 3.63) is 47.2 Å². The van der Waals surface area contributed by atoms with Crippen molar-refractivity contribution >= 4 is 44.3 Å². The van der Waals surface area contributed by atoms with Gasteiger partial charge in [-0.1, -0.05) is 35.3 Å². The lowest BCUT2D eigenvalue weighted by Gasteiger charge is -2.38. The average molecular weight is 573 g/mol. The predicted octanol–water partition coefficient (Wildman–Crippen LogP) is 4.83. The van der Waals surface area contributed by atoms with Gasteiger partial charge in [-0.3, -0.25) is 14.6 Å². The third kappa shape index (κ3) is 7.09. The number of hydrogen-bond acceptors (Lipinski definition) is 9. The molecule has 1 unspecified atom stereocenters. The van der Waals surface area contributed by atoms with E-state index in [-0.39, 0.29) is 12.2 Å². The average Bonchev–Trinajstić information content (AvgIpc) is 2.89. The highest BCUT2D eigenvalue weighted by Gasteiger charge is 2.27. The summed E-state index contributed by atoms with van der Waals surface area (Å²) in [6.07, 6.45) is 3.26. The van der Waals surface area contributed by atoms with E-state index in [4.69, 9.17) is 14.2 Å². The van der Waals surface area contributed by atoms with Gasteiger partial charge in [0, 0.05) is 47.8 Å². The van der Waals surface area contributed by atoms with Crippen LogP contribution >= 0.6 is 15.9 Å². The van der Waals surface area contributed by atoms with Crippen LogP contribution in [0.1, 0.15) is 26.7 Å². The minimum Gasteiger partial charge on any atom is -0.493 e. The Morgan fingerprint density at radius 2 is 1.92 bits per heavy atom. The summed E-state index contributed by atoms with van der Waals surface area (Å²) in [6, 6.07) is 11.8. The van der Waals surface area contributed by atoms with Crippen molar-refractivity contribution in [2.24, 2.45) is 0 Å². The summed E-state index contributed by atoms with van der Waals surface area (Å²) < 4.78 is 18.4. The topological polar surface area (TPSA) is 89.0 Å². The normalized spacial score (nSPS) is 15.4. The number of nitrogens with one attached hydrogen (secondary N) is 1. The Hall–Kier alpha value is -2.95. The number of halogens is 1. The fraction of sp³-hybridized carbons (Fsp3) is 0.444. The molecule has 1 fully saturated rings. The van der Waals surface area contributed by atoms with Crippen LogP contribution in [0.25, 0.3) is 10.9 Å². The van der Waals surface area contributed by atoms with Crippen molar-refractivity contribution in [1.82, 2.24) is 19.8 Å². The van der Waals surface area contributed by atoms with E-state index in [0.29, 0.717) is 30.5 Å². The van der Waals surface area contributed by atoms with Gasteiger partial charge in [0.05, 0.1) is 25.8 Å². The predicted molar refractivity (Wildman–Crippen MR) is 147 cm³/mol. The van der Waals surface area contributed by atoms with Gasteiger partial charge in [0.2, 0.25) is 0 Å². The Kier molecular flexibility index (Phi) is 9.54. The number of methoxy groups -OCH3 is 1. The summed E-state index contributed by atoms with van der Waals surface area (Å²) in [7, 11) is 1.64. The molecule has 1 N–H and O–H groups in total. The molecular formula is C27H34BrN5O4. The molecule has 10 heteroatoms. The second-order valence-electron chi connectivity index (χ2n) is 8.86. The summed E-state index contributed by atoms with van der Waals surface area (Å²) in [6.45, 7) is 7.89. The van der Waals surface area contributed by atoms with Crippen LogP contribution in [-0.2, 0) is 9.53 Å². The number of hydrogen-bond donors (Lipinski definition) is 1. The van der Waals surface area contributed by atoms with Crippen molar-refractivity contribution in [3.63, 3.8) is 0 Å². The highest BCUT2D eigenvalue weighted by molar-refractivity contribution is 9.10. The van der Waals surface area contributed by atoms with E-state index < -0.39 is 0 Å². The number of carbonyl (C=O) groups excluding carboxylic acids is 1. The molecule has 0 aliphatic carbocycles. The van der Waals surface area contributed by atoms with E-state index in [0.717, 1.165) is 60.1 Å². The number of carbonyl (C=O) groups is 1. The molecule has 0 radical (unpaired) electrons. The molecule has 9 nitrogen and oxygen atoms in total. The van der Waals surface area contributed by atoms with E-state index in [1.165, 1.54) is 6.33 Å². The first-order valence-corrected chi connectivity index (χ1v) is 13.4. The Bertz CT molecular complexity index is 1200. The quantitative estimate of drug-likeness (QED) is 0.325. The van der Waals surface area contributed by atoms with Gasteiger partial charge < -0.3 is 19.5 Å². The van der Waals surface area contributed by atoms with E-state index >= 15 is 0 Å². The van der Waals surface area contributed by atoms with E-state index in [9.17, 15) is 4.79 Å². The maximum atomic E-state index is 11.9. The number of aromatic nitrogens is 2. The van der Waals surface area contributed by atoms with Crippen LogP contribution in [0, 0.1) is 0 Å². The molecule has 1 aliphatic rings. The Balaban J connectivity index is 1.54. The second-order valence-corrected chi connectivity index (χ2v) is 9.77. The molecule has 3 aromatic rings. The van der Waals surface area contributed by atoms with Gasteiger partial charge >= 0.3 is 5.97 Å². The Morgan fingerprint density at radius 1 is 1.11 bits per heavy atom. The zero-order valence-electron chi connectivity index (χ0n) is 21.6. The minimum atomic E-state index is -0.173. The van der Waals surface area contributed by atoms with Gasteiger partial charge in [-0.25, -0.2) is 9.97 Å². The maximum Gasteiger partial charge on any atom is 0.320 e. The number of ether oxygens (including phenoxy) is 3. The molecular weight excluding hydrogens is 538 g/mol. The molecule has 1 atom stereocenters. The van der Waals surface area contributed by atoms with Crippen LogP contribution < -0.4 is 14.8 Å². The van der Waals surface area contributed by atoms with Crippen LogP contribution in [0.5, 0.6) is 11.5 Å². The summed E-state index contributed by atoms with van der Waals surface area (Å²) in [5.74, 6) is 1.79. The Labute approximate surface area is 226 Å². The summed E-state index contributed by atoms with van der Waals surface area (Å²) >= 11 is 3.52. The number of nitrogens with zero attached hydrogens (tertiary/aromatic N) is 4. The first-order chi connectivity index (χ1) is 18.0. The monoisotopic (exact) mass is 571 g/mol. The van der Waals surface area contributed by atoms with Gasteiger partial charge in [-0.15, -0.1) is 0 Å². The molecule has 37 heavy (non-hydrogen) atoms. The van der Waals surface area contributed by atoms with Crippen LogP contribution in [0.4, 0.5) is 11.5 Å².